The Bertz CT molecular complexity index is 1220. The van der Waals surface area contributed by atoms with Crippen LogP contribution in [0.15, 0.2) is 66.7 Å². The number of nitrogens with zero attached hydrogens (tertiary/aromatic N) is 1. The molecular formula is C33H42N2O5S. The molecule has 0 aromatic heterocycles. The van der Waals surface area contributed by atoms with Gasteiger partial charge in [0, 0.05) is 12.3 Å². The zero-order valence-corrected chi connectivity index (χ0v) is 25.1. The molecule has 2 N–H and O–H groups in total. The first-order valence-corrected chi connectivity index (χ1v) is 15.5. The van der Waals surface area contributed by atoms with Gasteiger partial charge in [0.2, 0.25) is 5.91 Å². The molecule has 0 unspecified atom stereocenters. The summed E-state index contributed by atoms with van der Waals surface area (Å²) in [5, 5.41) is 13.1. The molecule has 0 radical (unpaired) electrons. The number of thioether (sulfide) groups is 1. The second kappa shape index (κ2) is 13.6. The van der Waals surface area contributed by atoms with Crippen molar-refractivity contribution in [2.75, 3.05) is 12.3 Å². The van der Waals surface area contributed by atoms with E-state index in [9.17, 15) is 19.5 Å². The van der Waals surface area contributed by atoms with Gasteiger partial charge in [-0.1, -0.05) is 86.0 Å². The first kappa shape index (κ1) is 30.7. The fourth-order valence-corrected chi connectivity index (χ4v) is 6.94. The average Bonchev–Trinajstić information content (AvgIpc) is 3.33. The number of aliphatic carboxylic acids is 1. The van der Waals surface area contributed by atoms with Crippen LogP contribution in [0, 0.1) is 0 Å². The summed E-state index contributed by atoms with van der Waals surface area (Å²) in [5.74, 6) is -0.680. The molecule has 0 spiro atoms. The van der Waals surface area contributed by atoms with Gasteiger partial charge < -0.3 is 20.1 Å². The van der Waals surface area contributed by atoms with Crippen LogP contribution in [0.3, 0.4) is 0 Å². The Morgan fingerprint density at radius 3 is 2.34 bits per heavy atom. The number of carboxylic acid groups (broad SMARTS) is 1. The molecule has 0 saturated carbocycles. The number of carbonyl (C=O) groups is 3. The highest BCUT2D eigenvalue weighted by atomic mass is 32.2. The Balaban J connectivity index is 1.67. The summed E-state index contributed by atoms with van der Waals surface area (Å²) in [6.07, 6.45) is 9.20. The summed E-state index contributed by atoms with van der Waals surface area (Å²) >= 11 is 1.69. The minimum Gasteiger partial charge on any atom is -0.480 e. The third-order valence-corrected chi connectivity index (χ3v) is 9.08. The van der Waals surface area contributed by atoms with Gasteiger partial charge in [-0.2, -0.15) is 0 Å². The summed E-state index contributed by atoms with van der Waals surface area (Å²) in [6, 6.07) is 16.5. The number of carboxylic acids is 1. The normalized spacial score (nSPS) is 25.0. The summed E-state index contributed by atoms with van der Waals surface area (Å²) in [6.45, 7) is 5.57. The lowest BCUT2D eigenvalue weighted by atomic mass is 9.93. The third-order valence-electron chi connectivity index (χ3n) is 7.64. The fourth-order valence-electron chi connectivity index (χ4n) is 5.58. The van der Waals surface area contributed by atoms with Crippen LogP contribution < -0.4 is 5.32 Å². The molecule has 1 saturated heterocycles. The van der Waals surface area contributed by atoms with Crippen LogP contribution in [-0.2, 0) is 19.1 Å². The van der Waals surface area contributed by atoms with E-state index in [1.165, 1.54) is 4.90 Å². The van der Waals surface area contributed by atoms with E-state index in [2.05, 4.69) is 53.9 Å². The van der Waals surface area contributed by atoms with Crippen LogP contribution in [0.25, 0.3) is 11.1 Å². The number of rotatable bonds is 4. The fraction of sp³-hybridized carbons (Fsp3) is 0.485. The first-order chi connectivity index (χ1) is 19.6. The maximum atomic E-state index is 14.0. The van der Waals surface area contributed by atoms with Gasteiger partial charge in [-0.05, 0) is 63.1 Å². The Kier molecular flexibility index (Phi) is 10.2. The number of nitrogens with one attached hydrogen (secondary N) is 1. The Morgan fingerprint density at radius 1 is 0.976 bits per heavy atom. The monoisotopic (exact) mass is 578 g/mol. The quantitative estimate of drug-likeness (QED) is 0.389. The Hall–Kier alpha value is -3.26. The van der Waals surface area contributed by atoms with Crippen molar-refractivity contribution in [2.45, 2.75) is 88.1 Å². The van der Waals surface area contributed by atoms with E-state index in [-0.39, 0.29) is 18.9 Å². The number of amides is 2. The zero-order chi connectivity index (χ0) is 29.5. The summed E-state index contributed by atoms with van der Waals surface area (Å²) < 4.78 is 4.85. The van der Waals surface area contributed by atoms with Gasteiger partial charge in [0.25, 0.3) is 0 Å². The van der Waals surface area contributed by atoms with Crippen molar-refractivity contribution < 1.29 is 24.2 Å². The number of carbonyl (C=O) groups excluding carboxylic acids is 2. The maximum absolute atomic E-state index is 14.0. The summed E-state index contributed by atoms with van der Waals surface area (Å²) in [5.41, 5.74) is 2.47. The van der Waals surface area contributed by atoms with E-state index in [0.29, 0.717) is 12.2 Å². The first-order valence-electron chi connectivity index (χ1n) is 14.6. The topological polar surface area (TPSA) is 95.9 Å². The number of allylic oxidation sites excluding steroid dienone is 1. The Morgan fingerprint density at radius 2 is 1.66 bits per heavy atom. The third kappa shape index (κ3) is 8.15. The van der Waals surface area contributed by atoms with Crippen LogP contribution >= 0.6 is 11.8 Å². The van der Waals surface area contributed by atoms with Crippen molar-refractivity contribution in [3.8, 4) is 11.1 Å². The molecule has 3 atom stereocenters. The van der Waals surface area contributed by atoms with E-state index in [1.807, 2.05) is 18.2 Å². The SMILES string of the molecule is CC(C)(C)OC(=O)N[C@H]1CCCCCC/C=C/CS[C@@]2(c3ccc(-c4ccccc4)cc3)C[C@@H](C(=O)O)N(C2)C1=O. The van der Waals surface area contributed by atoms with Gasteiger partial charge in [0.05, 0.1) is 4.75 Å². The van der Waals surface area contributed by atoms with Crippen LogP contribution in [0.4, 0.5) is 4.79 Å². The number of benzene rings is 2. The van der Waals surface area contributed by atoms with Crippen molar-refractivity contribution >= 4 is 29.7 Å². The zero-order valence-electron chi connectivity index (χ0n) is 24.3. The second-order valence-electron chi connectivity index (χ2n) is 11.9. The van der Waals surface area contributed by atoms with Crippen LogP contribution in [0.5, 0.6) is 0 Å². The number of fused-ring (bicyclic) bond motifs is 2. The molecule has 4 rings (SSSR count). The van der Waals surface area contributed by atoms with Crippen LogP contribution in [-0.4, -0.2) is 58.0 Å². The van der Waals surface area contributed by atoms with Gasteiger partial charge in [0.15, 0.2) is 0 Å². The standard InChI is InChI=1S/C33H42N2O5S/c1-32(2,3)40-31(39)34-27-16-12-7-5-4-6-8-13-21-41-33(22-28(30(37)38)35(23-33)29(27)36)26-19-17-25(18-20-26)24-14-10-9-11-15-24/h8-11,13-15,17-20,27-28H,4-7,12,16,21-23H2,1-3H3,(H,34,39)(H,37,38)/b13-8+/t27-,28-,33-/m0/s1. The Labute approximate surface area is 247 Å². The van der Waals surface area contributed by atoms with Crippen molar-refractivity contribution in [1.29, 1.82) is 0 Å². The molecule has 220 valence electrons. The summed E-state index contributed by atoms with van der Waals surface area (Å²) in [7, 11) is 0. The molecule has 41 heavy (non-hydrogen) atoms. The molecule has 2 aromatic rings. The molecule has 1 fully saturated rings. The van der Waals surface area contributed by atoms with Gasteiger partial charge in [-0.15, -0.1) is 11.8 Å². The minimum atomic E-state index is -1.03. The average molecular weight is 579 g/mol. The highest BCUT2D eigenvalue weighted by Gasteiger charge is 2.51. The molecule has 2 aromatic carbocycles. The predicted molar refractivity (Wildman–Crippen MR) is 164 cm³/mol. The molecule has 2 aliphatic heterocycles. The van der Waals surface area contributed by atoms with E-state index >= 15 is 0 Å². The molecule has 2 bridgehead atoms. The van der Waals surface area contributed by atoms with Crippen molar-refractivity contribution in [3.63, 3.8) is 0 Å². The van der Waals surface area contributed by atoms with E-state index in [1.54, 1.807) is 32.5 Å². The molecule has 2 aliphatic rings. The molecule has 8 heteroatoms. The summed E-state index contributed by atoms with van der Waals surface area (Å²) in [4.78, 5) is 40.8. The maximum Gasteiger partial charge on any atom is 0.408 e. The lowest BCUT2D eigenvalue weighted by Crippen LogP contribution is -2.52. The van der Waals surface area contributed by atoms with Gasteiger partial charge in [-0.25, -0.2) is 9.59 Å². The van der Waals surface area contributed by atoms with E-state index in [4.69, 9.17) is 4.74 Å². The van der Waals surface area contributed by atoms with Crippen molar-refractivity contribution in [3.05, 3.63) is 72.3 Å². The van der Waals surface area contributed by atoms with Crippen molar-refractivity contribution in [1.82, 2.24) is 10.2 Å². The highest BCUT2D eigenvalue weighted by Crippen LogP contribution is 2.48. The van der Waals surface area contributed by atoms with E-state index in [0.717, 1.165) is 48.8 Å². The van der Waals surface area contributed by atoms with Crippen molar-refractivity contribution in [2.24, 2.45) is 0 Å². The molecule has 2 amide bonds. The number of hydrogen-bond donors (Lipinski definition) is 2. The number of alkyl carbamates (subject to hydrolysis) is 1. The van der Waals surface area contributed by atoms with Gasteiger partial charge in [-0.3, -0.25) is 4.79 Å². The van der Waals surface area contributed by atoms with Crippen LogP contribution in [0.1, 0.15) is 71.3 Å². The largest absolute Gasteiger partial charge is 0.480 e. The molecular weight excluding hydrogens is 536 g/mol. The number of hydrogen-bond acceptors (Lipinski definition) is 5. The lowest BCUT2D eigenvalue weighted by molar-refractivity contribution is -0.149. The predicted octanol–water partition coefficient (Wildman–Crippen LogP) is 6.77. The molecule has 0 aliphatic carbocycles. The van der Waals surface area contributed by atoms with E-state index < -0.39 is 34.5 Å². The minimum absolute atomic E-state index is 0.249. The molecule has 7 nitrogen and oxygen atoms in total. The van der Waals surface area contributed by atoms with Gasteiger partial charge >= 0.3 is 12.1 Å². The van der Waals surface area contributed by atoms with Crippen LogP contribution in [0.2, 0.25) is 0 Å². The number of ether oxygens (including phenoxy) is 1. The lowest BCUT2D eigenvalue weighted by Gasteiger charge is -2.31. The molecule has 2 heterocycles. The highest BCUT2D eigenvalue weighted by molar-refractivity contribution is 8.00. The van der Waals surface area contributed by atoms with Gasteiger partial charge in [0.1, 0.15) is 17.7 Å². The smallest absolute Gasteiger partial charge is 0.408 e. The second-order valence-corrected chi connectivity index (χ2v) is 13.3.